The van der Waals surface area contributed by atoms with Crippen molar-refractivity contribution >= 4 is 11.5 Å². The third-order valence-corrected chi connectivity index (χ3v) is 2.05. The summed E-state index contributed by atoms with van der Waals surface area (Å²) in [5, 5.41) is 7.44. The van der Waals surface area contributed by atoms with Gasteiger partial charge in [0.2, 0.25) is 0 Å². The lowest BCUT2D eigenvalue weighted by molar-refractivity contribution is 0.756. The number of aryl methyl sites for hydroxylation is 3. The first kappa shape index (κ1) is 9.64. The van der Waals surface area contributed by atoms with E-state index in [0.717, 1.165) is 23.0 Å². The number of rotatable bonds is 2. The first-order chi connectivity index (χ1) is 7.15. The average Bonchev–Trinajstić information content (AvgIpc) is 2.45. The maximum absolute atomic E-state index is 4.26. The van der Waals surface area contributed by atoms with Crippen molar-refractivity contribution in [3.8, 4) is 0 Å². The lowest BCUT2D eigenvalue weighted by Crippen LogP contribution is -1.96. The number of nitrogens with zero attached hydrogens (tertiary/aromatic N) is 4. The fraction of sp³-hybridized carbons (Fsp3) is 0.300. The number of nitrogens with one attached hydrogen (secondary N) is 1. The molecule has 0 unspecified atom stereocenters. The van der Waals surface area contributed by atoms with Gasteiger partial charge in [-0.1, -0.05) is 0 Å². The summed E-state index contributed by atoms with van der Waals surface area (Å²) < 4.78 is 1.77. The summed E-state index contributed by atoms with van der Waals surface area (Å²) >= 11 is 0. The first-order valence-electron chi connectivity index (χ1n) is 4.72. The second-order valence-corrected chi connectivity index (χ2v) is 3.42. The van der Waals surface area contributed by atoms with Crippen LogP contribution in [0.3, 0.4) is 0 Å². The van der Waals surface area contributed by atoms with Gasteiger partial charge in [-0.15, -0.1) is 0 Å². The predicted octanol–water partition coefficient (Wildman–Crippen LogP) is 1.57. The highest BCUT2D eigenvalue weighted by Crippen LogP contribution is 2.16. The van der Waals surface area contributed by atoms with Gasteiger partial charge in [-0.2, -0.15) is 5.10 Å². The summed E-state index contributed by atoms with van der Waals surface area (Å²) in [6.07, 6.45) is 3.66. The van der Waals surface area contributed by atoms with Crippen molar-refractivity contribution in [2.45, 2.75) is 13.8 Å². The highest BCUT2D eigenvalue weighted by atomic mass is 15.3. The van der Waals surface area contributed by atoms with Crippen LogP contribution in [-0.4, -0.2) is 19.7 Å². The van der Waals surface area contributed by atoms with E-state index in [1.54, 1.807) is 10.9 Å². The minimum Gasteiger partial charge on any atom is -0.337 e. The maximum Gasteiger partial charge on any atom is 0.134 e. The highest BCUT2D eigenvalue weighted by Gasteiger charge is 2.03. The molecule has 0 aromatic carbocycles. The van der Waals surface area contributed by atoms with Crippen LogP contribution in [0.4, 0.5) is 11.5 Å². The van der Waals surface area contributed by atoms with Crippen LogP contribution < -0.4 is 5.32 Å². The molecule has 0 bridgehead atoms. The Morgan fingerprint density at radius 1 is 1.33 bits per heavy atom. The molecule has 78 valence electrons. The van der Waals surface area contributed by atoms with E-state index >= 15 is 0 Å². The molecule has 1 N–H and O–H groups in total. The molecular weight excluding hydrogens is 190 g/mol. The Morgan fingerprint density at radius 3 is 2.73 bits per heavy atom. The van der Waals surface area contributed by atoms with Gasteiger partial charge >= 0.3 is 0 Å². The SMILES string of the molecule is Cc1nccc(Nc2cn(C)nc2C)n1. The molecule has 2 aromatic rings. The van der Waals surface area contributed by atoms with Crippen molar-refractivity contribution in [3.05, 3.63) is 30.0 Å². The molecule has 5 nitrogen and oxygen atoms in total. The summed E-state index contributed by atoms with van der Waals surface area (Å²) in [6.45, 7) is 3.82. The second kappa shape index (κ2) is 3.68. The Hall–Kier alpha value is -1.91. The summed E-state index contributed by atoms with van der Waals surface area (Å²) in [5.41, 5.74) is 1.92. The number of aromatic nitrogens is 4. The number of hydrogen-bond donors (Lipinski definition) is 1. The van der Waals surface area contributed by atoms with Crippen LogP contribution in [0.25, 0.3) is 0 Å². The van der Waals surface area contributed by atoms with Crippen molar-refractivity contribution in [2.75, 3.05) is 5.32 Å². The van der Waals surface area contributed by atoms with Crippen molar-refractivity contribution in [1.82, 2.24) is 19.7 Å². The van der Waals surface area contributed by atoms with E-state index < -0.39 is 0 Å². The average molecular weight is 203 g/mol. The van der Waals surface area contributed by atoms with Gasteiger partial charge in [-0.05, 0) is 19.9 Å². The lowest BCUT2D eigenvalue weighted by Gasteiger charge is -2.03. The molecule has 0 spiro atoms. The summed E-state index contributed by atoms with van der Waals surface area (Å²) in [7, 11) is 1.89. The normalized spacial score (nSPS) is 10.3. The smallest absolute Gasteiger partial charge is 0.134 e. The Balaban J connectivity index is 2.25. The van der Waals surface area contributed by atoms with E-state index in [0.29, 0.717) is 0 Å². The molecular formula is C10H13N5. The lowest BCUT2D eigenvalue weighted by atomic mass is 10.4. The van der Waals surface area contributed by atoms with E-state index in [-0.39, 0.29) is 0 Å². The molecule has 5 heteroatoms. The van der Waals surface area contributed by atoms with Gasteiger partial charge in [-0.3, -0.25) is 4.68 Å². The summed E-state index contributed by atoms with van der Waals surface area (Å²) in [5.74, 6) is 1.54. The topological polar surface area (TPSA) is 55.6 Å². The Morgan fingerprint density at radius 2 is 2.13 bits per heavy atom. The van der Waals surface area contributed by atoms with Gasteiger partial charge in [0.1, 0.15) is 11.6 Å². The van der Waals surface area contributed by atoms with Crippen molar-refractivity contribution in [3.63, 3.8) is 0 Å². The minimum absolute atomic E-state index is 0.751. The standard InChI is InChI=1S/C10H13N5/c1-7-9(6-15(3)14-7)13-10-4-5-11-8(2)12-10/h4-6H,1-3H3,(H,11,12,13). The van der Waals surface area contributed by atoms with Gasteiger partial charge in [0.15, 0.2) is 0 Å². The fourth-order valence-electron chi connectivity index (χ4n) is 1.39. The molecule has 15 heavy (non-hydrogen) atoms. The van der Waals surface area contributed by atoms with Crippen LogP contribution in [0.5, 0.6) is 0 Å². The van der Waals surface area contributed by atoms with Crippen LogP contribution in [0.2, 0.25) is 0 Å². The van der Waals surface area contributed by atoms with Crippen molar-refractivity contribution in [2.24, 2.45) is 7.05 Å². The zero-order valence-corrected chi connectivity index (χ0v) is 9.02. The molecule has 0 aliphatic carbocycles. The molecule has 0 saturated heterocycles. The third kappa shape index (κ3) is 2.12. The van der Waals surface area contributed by atoms with Gasteiger partial charge < -0.3 is 5.32 Å². The molecule has 0 fully saturated rings. The van der Waals surface area contributed by atoms with Crippen LogP contribution in [0, 0.1) is 13.8 Å². The highest BCUT2D eigenvalue weighted by molar-refractivity contribution is 5.57. The van der Waals surface area contributed by atoms with E-state index in [1.165, 1.54) is 0 Å². The van der Waals surface area contributed by atoms with E-state index in [9.17, 15) is 0 Å². The van der Waals surface area contributed by atoms with Crippen molar-refractivity contribution < 1.29 is 0 Å². The summed E-state index contributed by atoms with van der Waals surface area (Å²) in [6, 6.07) is 1.83. The third-order valence-electron chi connectivity index (χ3n) is 2.05. The first-order valence-corrected chi connectivity index (χ1v) is 4.72. The van der Waals surface area contributed by atoms with Crippen molar-refractivity contribution in [1.29, 1.82) is 0 Å². The molecule has 2 aromatic heterocycles. The molecule has 0 radical (unpaired) electrons. The molecule has 0 amide bonds. The predicted molar refractivity (Wildman–Crippen MR) is 58.0 cm³/mol. The zero-order valence-electron chi connectivity index (χ0n) is 9.02. The zero-order chi connectivity index (χ0) is 10.8. The molecule has 2 rings (SSSR count). The van der Waals surface area contributed by atoms with Gasteiger partial charge in [0.25, 0.3) is 0 Å². The molecule has 0 saturated carbocycles. The minimum atomic E-state index is 0.751. The maximum atomic E-state index is 4.26. The van der Waals surface area contributed by atoms with Gasteiger partial charge in [-0.25, -0.2) is 9.97 Å². The monoisotopic (exact) mass is 203 g/mol. The van der Waals surface area contributed by atoms with Crippen LogP contribution in [0.1, 0.15) is 11.5 Å². The second-order valence-electron chi connectivity index (χ2n) is 3.42. The van der Waals surface area contributed by atoms with E-state index in [4.69, 9.17) is 0 Å². The molecule has 0 aliphatic rings. The van der Waals surface area contributed by atoms with Gasteiger partial charge in [0.05, 0.1) is 11.4 Å². The van der Waals surface area contributed by atoms with Crippen LogP contribution >= 0.6 is 0 Å². The quantitative estimate of drug-likeness (QED) is 0.805. The fourth-order valence-corrected chi connectivity index (χ4v) is 1.39. The number of hydrogen-bond acceptors (Lipinski definition) is 4. The Kier molecular flexibility index (Phi) is 2.37. The number of anilines is 2. The molecule has 0 atom stereocenters. The largest absolute Gasteiger partial charge is 0.337 e. The molecule has 0 aliphatic heterocycles. The van der Waals surface area contributed by atoms with Crippen LogP contribution in [0.15, 0.2) is 18.5 Å². The van der Waals surface area contributed by atoms with Crippen LogP contribution in [-0.2, 0) is 7.05 Å². The van der Waals surface area contributed by atoms with Gasteiger partial charge in [0, 0.05) is 19.4 Å². The Bertz CT molecular complexity index is 474. The van der Waals surface area contributed by atoms with E-state index in [2.05, 4.69) is 20.4 Å². The summed E-state index contributed by atoms with van der Waals surface area (Å²) in [4.78, 5) is 8.30. The van der Waals surface area contributed by atoms with E-state index in [1.807, 2.05) is 33.2 Å². The molecule has 2 heterocycles. The Labute approximate surface area is 88.2 Å².